The summed E-state index contributed by atoms with van der Waals surface area (Å²) in [6.07, 6.45) is 5.84. The van der Waals surface area contributed by atoms with Crippen LogP contribution < -0.4 is 5.73 Å². The molecule has 0 aromatic rings. The molecule has 2 N–H and O–H groups in total. The highest BCUT2D eigenvalue weighted by atomic mass is 14.5. The van der Waals surface area contributed by atoms with Gasteiger partial charge in [0, 0.05) is 0 Å². The van der Waals surface area contributed by atoms with Gasteiger partial charge in [0.2, 0.25) is 0 Å². The third kappa shape index (κ3) is 5.02. The molecule has 0 spiro atoms. The van der Waals surface area contributed by atoms with Crippen LogP contribution in [0.2, 0.25) is 0 Å². The second kappa shape index (κ2) is 6.41. The Labute approximate surface area is 70.7 Å². The van der Waals surface area contributed by atoms with Crippen molar-refractivity contribution in [3.63, 3.8) is 0 Å². The summed E-state index contributed by atoms with van der Waals surface area (Å²) in [7, 11) is 0. The Hall–Kier alpha value is -0.300. The number of nitrogens with two attached hydrogens (primary N) is 1. The van der Waals surface area contributed by atoms with Crippen LogP contribution in [0.4, 0.5) is 0 Å². The summed E-state index contributed by atoms with van der Waals surface area (Å²) in [6, 6.07) is 0. The molecule has 1 heteroatoms. The minimum absolute atomic E-state index is 0.721. The van der Waals surface area contributed by atoms with Gasteiger partial charge in [-0.3, -0.25) is 0 Å². The maximum atomic E-state index is 5.43. The fraction of sp³-hybridized carbons (Fsp3) is 0.800. The molecule has 1 unspecified atom stereocenters. The smallest absolute Gasteiger partial charge is 0.00771 e. The van der Waals surface area contributed by atoms with E-state index in [2.05, 4.69) is 26.8 Å². The maximum absolute atomic E-state index is 5.43. The lowest BCUT2D eigenvalue weighted by molar-refractivity contribution is 0.582. The molecule has 0 rings (SSSR count). The topological polar surface area (TPSA) is 26.0 Å². The minimum Gasteiger partial charge on any atom is -0.330 e. The third-order valence-corrected chi connectivity index (χ3v) is 2.14. The van der Waals surface area contributed by atoms with E-state index in [0.29, 0.717) is 0 Å². The van der Waals surface area contributed by atoms with Gasteiger partial charge in [0.15, 0.2) is 0 Å². The predicted molar refractivity (Wildman–Crippen MR) is 51.5 cm³/mol. The summed E-state index contributed by atoms with van der Waals surface area (Å²) >= 11 is 0. The Morgan fingerprint density at radius 3 is 2.64 bits per heavy atom. The standard InChI is InChI=1S/C10H21N/c1-4-6-9(2)10(3)7-5-8-11/h6,10H,4-5,7-8,11H2,1-3H3/b9-6-. The van der Waals surface area contributed by atoms with Crippen LogP contribution in [0.3, 0.4) is 0 Å². The molecule has 0 saturated heterocycles. The molecule has 0 radical (unpaired) electrons. The highest BCUT2D eigenvalue weighted by Crippen LogP contribution is 2.15. The molecule has 0 aliphatic rings. The Morgan fingerprint density at radius 1 is 1.55 bits per heavy atom. The Bertz CT molecular complexity index is 116. The van der Waals surface area contributed by atoms with Gasteiger partial charge in [0.05, 0.1) is 0 Å². The van der Waals surface area contributed by atoms with E-state index in [0.717, 1.165) is 25.3 Å². The summed E-state index contributed by atoms with van der Waals surface area (Å²) in [5, 5.41) is 0. The van der Waals surface area contributed by atoms with Gasteiger partial charge in [0.25, 0.3) is 0 Å². The molecule has 0 aromatic heterocycles. The maximum Gasteiger partial charge on any atom is -0.00771 e. The zero-order valence-electron chi connectivity index (χ0n) is 8.06. The van der Waals surface area contributed by atoms with Gasteiger partial charge >= 0.3 is 0 Å². The zero-order valence-corrected chi connectivity index (χ0v) is 8.06. The molecule has 66 valence electrons. The van der Waals surface area contributed by atoms with Gasteiger partial charge in [-0.05, 0) is 38.6 Å². The fourth-order valence-electron chi connectivity index (χ4n) is 1.17. The van der Waals surface area contributed by atoms with Crippen molar-refractivity contribution in [1.29, 1.82) is 0 Å². The zero-order chi connectivity index (χ0) is 8.69. The third-order valence-electron chi connectivity index (χ3n) is 2.14. The highest BCUT2D eigenvalue weighted by molar-refractivity contribution is 5.01. The summed E-state index contributed by atoms with van der Waals surface area (Å²) in [6.45, 7) is 7.49. The molecule has 1 nitrogen and oxygen atoms in total. The SMILES string of the molecule is CC/C=C(/C)C(C)CCCN. The van der Waals surface area contributed by atoms with Gasteiger partial charge in [-0.1, -0.05) is 25.5 Å². The van der Waals surface area contributed by atoms with E-state index < -0.39 is 0 Å². The predicted octanol–water partition coefficient (Wildman–Crippen LogP) is 2.72. The fourth-order valence-corrected chi connectivity index (χ4v) is 1.17. The minimum atomic E-state index is 0.721. The van der Waals surface area contributed by atoms with E-state index in [1.54, 1.807) is 0 Å². The van der Waals surface area contributed by atoms with Crippen LogP contribution in [0.15, 0.2) is 11.6 Å². The van der Waals surface area contributed by atoms with Crippen molar-refractivity contribution in [2.45, 2.75) is 40.0 Å². The summed E-state index contributed by atoms with van der Waals surface area (Å²) in [4.78, 5) is 0. The first-order valence-electron chi connectivity index (χ1n) is 4.59. The second-order valence-corrected chi connectivity index (χ2v) is 3.19. The molecular weight excluding hydrogens is 134 g/mol. The first-order valence-corrected chi connectivity index (χ1v) is 4.59. The molecule has 0 fully saturated rings. The lowest BCUT2D eigenvalue weighted by atomic mass is 9.97. The molecule has 0 heterocycles. The van der Waals surface area contributed by atoms with Crippen molar-refractivity contribution in [2.75, 3.05) is 6.54 Å². The van der Waals surface area contributed by atoms with Crippen molar-refractivity contribution in [2.24, 2.45) is 11.7 Å². The van der Waals surface area contributed by atoms with Gasteiger partial charge in [-0.2, -0.15) is 0 Å². The number of hydrogen-bond acceptors (Lipinski definition) is 1. The second-order valence-electron chi connectivity index (χ2n) is 3.19. The number of allylic oxidation sites excluding steroid dienone is 2. The van der Waals surface area contributed by atoms with Crippen molar-refractivity contribution in [3.8, 4) is 0 Å². The van der Waals surface area contributed by atoms with E-state index in [1.807, 2.05) is 0 Å². The van der Waals surface area contributed by atoms with Crippen molar-refractivity contribution in [3.05, 3.63) is 11.6 Å². The molecule has 11 heavy (non-hydrogen) atoms. The van der Waals surface area contributed by atoms with Crippen LogP contribution in [-0.2, 0) is 0 Å². The molecule has 0 amide bonds. The van der Waals surface area contributed by atoms with Crippen LogP contribution in [0.1, 0.15) is 40.0 Å². The first kappa shape index (κ1) is 10.7. The monoisotopic (exact) mass is 155 g/mol. The molecule has 1 atom stereocenters. The normalized spacial score (nSPS) is 15.1. The van der Waals surface area contributed by atoms with Gasteiger partial charge < -0.3 is 5.73 Å². The van der Waals surface area contributed by atoms with Crippen molar-refractivity contribution in [1.82, 2.24) is 0 Å². The largest absolute Gasteiger partial charge is 0.330 e. The van der Waals surface area contributed by atoms with Crippen LogP contribution in [0, 0.1) is 5.92 Å². The molecule has 0 aliphatic heterocycles. The van der Waals surface area contributed by atoms with Gasteiger partial charge in [-0.15, -0.1) is 0 Å². The van der Waals surface area contributed by atoms with Crippen LogP contribution >= 0.6 is 0 Å². The molecule has 0 saturated carbocycles. The number of rotatable bonds is 5. The van der Waals surface area contributed by atoms with E-state index >= 15 is 0 Å². The molecule has 0 aromatic carbocycles. The lowest BCUT2D eigenvalue weighted by Gasteiger charge is -2.10. The average molecular weight is 155 g/mol. The summed E-state index contributed by atoms with van der Waals surface area (Å²) in [5.41, 5.74) is 6.95. The highest BCUT2D eigenvalue weighted by Gasteiger charge is 2.01. The van der Waals surface area contributed by atoms with Crippen molar-refractivity contribution < 1.29 is 0 Å². The lowest BCUT2D eigenvalue weighted by Crippen LogP contribution is -2.03. The van der Waals surface area contributed by atoms with E-state index in [4.69, 9.17) is 5.73 Å². The molecular formula is C10H21N. The quantitative estimate of drug-likeness (QED) is 0.607. The number of hydrogen-bond donors (Lipinski definition) is 1. The molecule has 0 bridgehead atoms. The van der Waals surface area contributed by atoms with E-state index in [1.165, 1.54) is 12.0 Å². The van der Waals surface area contributed by atoms with E-state index in [9.17, 15) is 0 Å². The van der Waals surface area contributed by atoms with Crippen LogP contribution in [0.5, 0.6) is 0 Å². The Balaban J connectivity index is 3.63. The average Bonchev–Trinajstić information content (AvgIpc) is 2.00. The van der Waals surface area contributed by atoms with Crippen LogP contribution in [0.25, 0.3) is 0 Å². The summed E-state index contributed by atoms with van der Waals surface area (Å²) < 4.78 is 0. The van der Waals surface area contributed by atoms with E-state index in [-0.39, 0.29) is 0 Å². The Kier molecular flexibility index (Phi) is 6.24. The van der Waals surface area contributed by atoms with Gasteiger partial charge in [0.1, 0.15) is 0 Å². The Morgan fingerprint density at radius 2 is 2.18 bits per heavy atom. The molecule has 0 aliphatic carbocycles. The van der Waals surface area contributed by atoms with Crippen LogP contribution in [-0.4, -0.2) is 6.54 Å². The first-order chi connectivity index (χ1) is 5.22. The van der Waals surface area contributed by atoms with Crippen molar-refractivity contribution >= 4 is 0 Å². The summed E-state index contributed by atoms with van der Waals surface area (Å²) in [5.74, 6) is 0.721. The van der Waals surface area contributed by atoms with Gasteiger partial charge in [-0.25, -0.2) is 0 Å².